The fourth-order valence-corrected chi connectivity index (χ4v) is 3.49. The maximum absolute atomic E-state index is 12.2. The highest BCUT2D eigenvalue weighted by Crippen LogP contribution is 2.37. The standard InChI is InChI=1S/C15H22N4O2S/c1-11-10-12(11)14(21)16-3-2-13(20)18-5-7-19(8-6-18)15-17-4-9-22-15/h4,9,11-12H,2-3,5-8,10H2,1H3,(H,16,21)/t11-,12+/m0/s1. The molecule has 2 fully saturated rings. The molecule has 3 rings (SSSR count). The molecule has 2 aliphatic rings. The summed E-state index contributed by atoms with van der Waals surface area (Å²) < 4.78 is 0. The molecule has 6 nitrogen and oxygen atoms in total. The molecular weight excluding hydrogens is 300 g/mol. The SMILES string of the molecule is C[C@H]1C[C@H]1C(=O)NCCC(=O)N1CCN(c2nccs2)CC1. The molecule has 7 heteroatoms. The second-order valence-electron chi connectivity index (χ2n) is 6.04. The van der Waals surface area contributed by atoms with E-state index in [2.05, 4.69) is 22.1 Å². The monoisotopic (exact) mass is 322 g/mol. The van der Waals surface area contributed by atoms with Gasteiger partial charge in [0.1, 0.15) is 0 Å². The molecule has 1 saturated heterocycles. The Balaban J connectivity index is 1.36. The van der Waals surface area contributed by atoms with Crippen LogP contribution >= 0.6 is 11.3 Å². The van der Waals surface area contributed by atoms with Gasteiger partial charge in [0, 0.05) is 56.6 Å². The van der Waals surface area contributed by atoms with Crippen LogP contribution in [0.4, 0.5) is 5.13 Å². The molecule has 0 radical (unpaired) electrons. The highest BCUT2D eigenvalue weighted by Gasteiger charge is 2.38. The minimum atomic E-state index is 0.105. The molecule has 120 valence electrons. The lowest BCUT2D eigenvalue weighted by Crippen LogP contribution is -2.49. The summed E-state index contributed by atoms with van der Waals surface area (Å²) in [5, 5.41) is 5.87. The number of piperazine rings is 1. The van der Waals surface area contributed by atoms with Crippen molar-refractivity contribution < 1.29 is 9.59 Å². The summed E-state index contributed by atoms with van der Waals surface area (Å²) in [4.78, 5) is 32.3. The Bertz CT molecular complexity index is 526. The highest BCUT2D eigenvalue weighted by molar-refractivity contribution is 7.13. The van der Waals surface area contributed by atoms with E-state index >= 15 is 0 Å². The summed E-state index contributed by atoms with van der Waals surface area (Å²) in [7, 11) is 0. The molecular formula is C15H22N4O2S. The number of carbonyl (C=O) groups is 2. The van der Waals surface area contributed by atoms with E-state index < -0.39 is 0 Å². The van der Waals surface area contributed by atoms with Crippen LogP contribution in [0.3, 0.4) is 0 Å². The van der Waals surface area contributed by atoms with Gasteiger partial charge in [-0.1, -0.05) is 6.92 Å². The van der Waals surface area contributed by atoms with E-state index in [0.29, 0.717) is 18.9 Å². The molecule has 0 bridgehead atoms. The van der Waals surface area contributed by atoms with Gasteiger partial charge in [-0.3, -0.25) is 9.59 Å². The zero-order valence-corrected chi connectivity index (χ0v) is 13.6. The molecule has 1 aliphatic carbocycles. The van der Waals surface area contributed by atoms with Crippen molar-refractivity contribution in [2.75, 3.05) is 37.6 Å². The van der Waals surface area contributed by atoms with Gasteiger partial charge in [-0.2, -0.15) is 0 Å². The third-order valence-electron chi connectivity index (χ3n) is 4.41. The average molecular weight is 322 g/mol. The van der Waals surface area contributed by atoms with Crippen molar-refractivity contribution in [3.05, 3.63) is 11.6 Å². The predicted octanol–water partition coefficient (Wildman–Crippen LogP) is 0.954. The van der Waals surface area contributed by atoms with E-state index in [4.69, 9.17) is 0 Å². The lowest BCUT2D eigenvalue weighted by Gasteiger charge is -2.34. The smallest absolute Gasteiger partial charge is 0.224 e. The Hall–Kier alpha value is -1.63. The molecule has 1 aliphatic heterocycles. The largest absolute Gasteiger partial charge is 0.355 e. The maximum atomic E-state index is 12.2. The van der Waals surface area contributed by atoms with Crippen LogP contribution in [0.1, 0.15) is 19.8 Å². The number of nitrogens with zero attached hydrogens (tertiary/aromatic N) is 3. The van der Waals surface area contributed by atoms with E-state index in [9.17, 15) is 9.59 Å². The van der Waals surface area contributed by atoms with Crippen LogP contribution in [0, 0.1) is 11.8 Å². The number of aromatic nitrogens is 1. The number of hydrogen-bond donors (Lipinski definition) is 1. The number of anilines is 1. The molecule has 0 unspecified atom stereocenters. The van der Waals surface area contributed by atoms with Crippen LogP contribution in [-0.2, 0) is 9.59 Å². The molecule has 1 aromatic rings. The van der Waals surface area contributed by atoms with E-state index in [1.165, 1.54) is 0 Å². The fourth-order valence-electron chi connectivity index (χ4n) is 2.79. The van der Waals surface area contributed by atoms with Gasteiger partial charge >= 0.3 is 0 Å². The molecule has 1 N–H and O–H groups in total. The van der Waals surface area contributed by atoms with Crippen LogP contribution in [0.25, 0.3) is 0 Å². The van der Waals surface area contributed by atoms with Crippen molar-refractivity contribution in [3.63, 3.8) is 0 Å². The number of amides is 2. The first-order valence-corrected chi connectivity index (χ1v) is 8.73. The fraction of sp³-hybridized carbons (Fsp3) is 0.667. The lowest BCUT2D eigenvalue weighted by molar-refractivity contribution is -0.131. The lowest BCUT2D eigenvalue weighted by atomic mass is 10.2. The normalized spacial score (nSPS) is 24.2. The summed E-state index contributed by atoms with van der Waals surface area (Å²) in [6.45, 7) is 5.64. The Morgan fingerprint density at radius 2 is 2.09 bits per heavy atom. The summed E-state index contributed by atoms with van der Waals surface area (Å²) in [6, 6.07) is 0. The first-order chi connectivity index (χ1) is 10.6. The van der Waals surface area contributed by atoms with Crippen LogP contribution in [-0.4, -0.2) is 54.4 Å². The molecule has 1 saturated carbocycles. The molecule has 22 heavy (non-hydrogen) atoms. The molecule has 1 aromatic heterocycles. The topological polar surface area (TPSA) is 65.5 Å². The molecule has 0 aromatic carbocycles. The second kappa shape index (κ2) is 6.64. The van der Waals surface area contributed by atoms with Crippen LogP contribution in [0.2, 0.25) is 0 Å². The number of hydrogen-bond acceptors (Lipinski definition) is 5. The van der Waals surface area contributed by atoms with E-state index in [1.807, 2.05) is 10.3 Å². The third-order valence-corrected chi connectivity index (χ3v) is 5.24. The number of rotatable bonds is 5. The Kier molecular flexibility index (Phi) is 4.61. The highest BCUT2D eigenvalue weighted by atomic mass is 32.1. The number of nitrogens with one attached hydrogen (secondary N) is 1. The Morgan fingerprint density at radius 1 is 1.36 bits per heavy atom. The van der Waals surface area contributed by atoms with Gasteiger partial charge in [0.05, 0.1) is 0 Å². The predicted molar refractivity (Wildman–Crippen MR) is 85.8 cm³/mol. The van der Waals surface area contributed by atoms with Crippen LogP contribution in [0.5, 0.6) is 0 Å². The van der Waals surface area contributed by atoms with E-state index in [1.54, 1.807) is 17.5 Å². The van der Waals surface area contributed by atoms with E-state index in [-0.39, 0.29) is 17.7 Å². The third kappa shape index (κ3) is 3.58. The minimum Gasteiger partial charge on any atom is -0.355 e. The van der Waals surface area contributed by atoms with Gasteiger partial charge in [-0.25, -0.2) is 4.98 Å². The van der Waals surface area contributed by atoms with Gasteiger partial charge in [-0.15, -0.1) is 11.3 Å². The van der Waals surface area contributed by atoms with Gasteiger partial charge in [-0.05, 0) is 12.3 Å². The summed E-state index contributed by atoms with van der Waals surface area (Å²) in [6.07, 6.45) is 3.18. The number of thiazole rings is 1. The molecule has 0 spiro atoms. The summed E-state index contributed by atoms with van der Waals surface area (Å²) >= 11 is 1.63. The number of carbonyl (C=O) groups excluding carboxylic acids is 2. The first-order valence-electron chi connectivity index (χ1n) is 7.85. The maximum Gasteiger partial charge on any atom is 0.224 e. The Labute approximate surface area is 134 Å². The first kappa shape index (κ1) is 15.3. The van der Waals surface area contributed by atoms with Crippen LogP contribution in [0.15, 0.2) is 11.6 Å². The van der Waals surface area contributed by atoms with Gasteiger partial charge in [0.2, 0.25) is 11.8 Å². The van der Waals surface area contributed by atoms with Crippen molar-refractivity contribution in [1.29, 1.82) is 0 Å². The molecule has 2 amide bonds. The molecule has 2 heterocycles. The second-order valence-corrected chi connectivity index (χ2v) is 6.92. The van der Waals surface area contributed by atoms with Crippen LogP contribution < -0.4 is 10.2 Å². The van der Waals surface area contributed by atoms with Gasteiger partial charge in [0.15, 0.2) is 5.13 Å². The van der Waals surface area contributed by atoms with Crippen molar-refractivity contribution >= 4 is 28.3 Å². The van der Waals surface area contributed by atoms with Gasteiger partial charge < -0.3 is 15.1 Å². The summed E-state index contributed by atoms with van der Waals surface area (Å²) in [5.41, 5.74) is 0. The molecule has 2 atom stereocenters. The van der Waals surface area contributed by atoms with E-state index in [0.717, 1.165) is 37.7 Å². The van der Waals surface area contributed by atoms with Crippen molar-refractivity contribution in [1.82, 2.24) is 15.2 Å². The van der Waals surface area contributed by atoms with Crippen molar-refractivity contribution in [2.45, 2.75) is 19.8 Å². The zero-order valence-electron chi connectivity index (χ0n) is 12.8. The zero-order chi connectivity index (χ0) is 15.5. The van der Waals surface area contributed by atoms with Crippen molar-refractivity contribution in [3.8, 4) is 0 Å². The quantitative estimate of drug-likeness (QED) is 0.877. The minimum absolute atomic E-state index is 0.105. The average Bonchev–Trinajstić information content (AvgIpc) is 3.03. The summed E-state index contributed by atoms with van der Waals surface area (Å²) in [5.74, 6) is 0.920. The van der Waals surface area contributed by atoms with Gasteiger partial charge in [0.25, 0.3) is 0 Å². The Morgan fingerprint density at radius 3 is 2.68 bits per heavy atom. The van der Waals surface area contributed by atoms with Crippen molar-refractivity contribution in [2.24, 2.45) is 11.8 Å².